The van der Waals surface area contributed by atoms with Crippen LogP contribution in [0.15, 0.2) is 0 Å². The second kappa shape index (κ2) is 5.85. The van der Waals surface area contributed by atoms with Crippen molar-refractivity contribution >= 4 is 5.91 Å². The van der Waals surface area contributed by atoms with Crippen LogP contribution in [-0.4, -0.2) is 35.1 Å². The maximum Gasteiger partial charge on any atom is 0.225 e. The second-order valence-electron chi connectivity index (χ2n) is 5.76. The molecule has 3 heteroatoms. The van der Waals surface area contributed by atoms with Crippen LogP contribution in [0.4, 0.5) is 0 Å². The van der Waals surface area contributed by atoms with Crippen molar-refractivity contribution < 1.29 is 9.90 Å². The molecular formula is C14H25NO2. The largest absolute Gasteiger partial charge is 0.393 e. The van der Waals surface area contributed by atoms with Gasteiger partial charge in [0.2, 0.25) is 5.91 Å². The Morgan fingerprint density at radius 1 is 1.18 bits per heavy atom. The lowest BCUT2D eigenvalue weighted by Gasteiger charge is -2.36. The molecule has 17 heavy (non-hydrogen) atoms. The van der Waals surface area contributed by atoms with Crippen LogP contribution in [0.1, 0.15) is 51.9 Å². The van der Waals surface area contributed by atoms with Crippen LogP contribution >= 0.6 is 0 Å². The molecule has 0 aromatic rings. The van der Waals surface area contributed by atoms with Crippen molar-refractivity contribution in [2.45, 2.75) is 58.0 Å². The zero-order chi connectivity index (χ0) is 12.3. The number of hydrogen-bond donors (Lipinski definition) is 1. The molecule has 1 aliphatic carbocycles. The highest BCUT2D eigenvalue weighted by atomic mass is 16.3. The van der Waals surface area contributed by atoms with E-state index < -0.39 is 0 Å². The first-order valence-electron chi connectivity index (χ1n) is 7.15. The van der Waals surface area contributed by atoms with Gasteiger partial charge in [-0.05, 0) is 32.6 Å². The summed E-state index contributed by atoms with van der Waals surface area (Å²) in [4.78, 5) is 14.4. The van der Waals surface area contributed by atoms with Gasteiger partial charge in [0.05, 0.1) is 6.10 Å². The quantitative estimate of drug-likeness (QED) is 0.802. The van der Waals surface area contributed by atoms with E-state index in [1.807, 2.05) is 11.8 Å². The molecule has 1 N–H and O–H groups in total. The van der Waals surface area contributed by atoms with E-state index in [-0.39, 0.29) is 17.9 Å². The lowest BCUT2D eigenvalue weighted by atomic mass is 9.86. The number of aliphatic hydroxyl groups excluding tert-OH is 1. The lowest BCUT2D eigenvalue weighted by molar-refractivity contribution is -0.139. The Balaban J connectivity index is 1.89. The standard InChI is InChI=1S/C14H25NO2/c1-11(16)13-8-5-9-15(10-13)14(17)12-6-3-2-4-7-12/h11-13,16H,2-10H2,1H3. The van der Waals surface area contributed by atoms with E-state index in [1.54, 1.807) is 0 Å². The van der Waals surface area contributed by atoms with Gasteiger partial charge in [-0.2, -0.15) is 0 Å². The molecule has 1 saturated carbocycles. The van der Waals surface area contributed by atoms with E-state index >= 15 is 0 Å². The molecule has 1 aliphatic heterocycles. The summed E-state index contributed by atoms with van der Waals surface area (Å²) in [7, 11) is 0. The molecule has 0 aromatic carbocycles. The molecule has 0 bridgehead atoms. The topological polar surface area (TPSA) is 40.5 Å². The molecule has 0 aromatic heterocycles. The van der Waals surface area contributed by atoms with Gasteiger partial charge in [-0.1, -0.05) is 19.3 Å². The predicted molar refractivity (Wildman–Crippen MR) is 67.6 cm³/mol. The van der Waals surface area contributed by atoms with Gasteiger partial charge in [0.1, 0.15) is 0 Å². The third-order valence-corrected chi connectivity index (χ3v) is 4.41. The lowest BCUT2D eigenvalue weighted by Crippen LogP contribution is -2.45. The number of amides is 1. The van der Waals surface area contributed by atoms with E-state index in [1.165, 1.54) is 19.3 Å². The Hall–Kier alpha value is -0.570. The third-order valence-electron chi connectivity index (χ3n) is 4.41. The molecule has 98 valence electrons. The molecule has 0 radical (unpaired) electrons. The first-order chi connectivity index (χ1) is 8.18. The smallest absolute Gasteiger partial charge is 0.225 e. The summed E-state index contributed by atoms with van der Waals surface area (Å²) in [5.41, 5.74) is 0. The summed E-state index contributed by atoms with van der Waals surface area (Å²) in [6.45, 7) is 3.52. The highest BCUT2D eigenvalue weighted by Crippen LogP contribution is 2.28. The zero-order valence-corrected chi connectivity index (χ0v) is 10.9. The van der Waals surface area contributed by atoms with E-state index in [4.69, 9.17) is 0 Å². The van der Waals surface area contributed by atoms with Gasteiger partial charge in [0.15, 0.2) is 0 Å². The first kappa shape index (κ1) is 12.9. The zero-order valence-electron chi connectivity index (χ0n) is 10.9. The molecule has 2 fully saturated rings. The van der Waals surface area contributed by atoms with Crippen molar-refractivity contribution in [3.63, 3.8) is 0 Å². The van der Waals surface area contributed by atoms with Gasteiger partial charge in [-0.25, -0.2) is 0 Å². The van der Waals surface area contributed by atoms with Crippen molar-refractivity contribution in [2.75, 3.05) is 13.1 Å². The van der Waals surface area contributed by atoms with Crippen molar-refractivity contribution in [1.82, 2.24) is 4.90 Å². The van der Waals surface area contributed by atoms with Crippen LogP contribution in [0, 0.1) is 11.8 Å². The maximum atomic E-state index is 12.4. The summed E-state index contributed by atoms with van der Waals surface area (Å²) < 4.78 is 0. The van der Waals surface area contributed by atoms with E-state index in [0.29, 0.717) is 5.91 Å². The molecule has 3 nitrogen and oxygen atoms in total. The number of carbonyl (C=O) groups excluding carboxylic acids is 1. The minimum absolute atomic E-state index is 0.275. The molecule has 1 saturated heterocycles. The normalized spacial score (nSPS) is 29.1. The average Bonchev–Trinajstić information content (AvgIpc) is 2.39. The molecule has 2 rings (SSSR count). The van der Waals surface area contributed by atoms with Crippen LogP contribution in [-0.2, 0) is 4.79 Å². The second-order valence-corrected chi connectivity index (χ2v) is 5.76. The Labute approximate surface area is 104 Å². The van der Waals surface area contributed by atoms with E-state index in [2.05, 4.69) is 0 Å². The number of carbonyl (C=O) groups is 1. The van der Waals surface area contributed by atoms with Crippen molar-refractivity contribution in [3.8, 4) is 0 Å². The number of hydrogen-bond acceptors (Lipinski definition) is 2. The van der Waals surface area contributed by atoms with Crippen molar-refractivity contribution in [3.05, 3.63) is 0 Å². The molecule has 1 amide bonds. The highest BCUT2D eigenvalue weighted by Gasteiger charge is 2.30. The van der Waals surface area contributed by atoms with Crippen LogP contribution in [0.2, 0.25) is 0 Å². The fourth-order valence-electron chi connectivity index (χ4n) is 3.21. The summed E-state index contributed by atoms with van der Waals surface area (Å²) in [5, 5.41) is 9.65. The van der Waals surface area contributed by atoms with E-state index in [0.717, 1.165) is 38.8 Å². The number of likely N-dealkylation sites (tertiary alicyclic amines) is 1. The average molecular weight is 239 g/mol. The predicted octanol–water partition coefficient (Wildman–Crippen LogP) is 2.19. The molecule has 2 atom stereocenters. The molecule has 1 heterocycles. The SMILES string of the molecule is CC(O)C1CCCN(C(=O)C2CCCCC2)C1. The minimum atomic E-state index is -0.281. The summed E-state index contributed by atoms with van der Waals surface area (Å²) >= 11 is 0. The Kier molecular flexibility index (Phi) is 4.43. The van der Waals surface area contributed by atoms with Gasteiger partial charge < -0.3 is 10.0 Å². The summed E-state index contributed by atoms with van der Waals surface area (Å²) in [6.07, 6.45) is 7.70. The number of nitrogens with zero attached hydrogens (tertiary/aromatic N) is 1. The van der Waals surface area contributed by atoms with Crippen LogP contribution < -0.4 is 0 Å². The highest BCUT2D eigenvalue weighted by molar-refractivity contribution is 5.79. The van der Waals surface area contributed by atoms with Crippen molar-refractivity contribution in [1.29, 1.82) is 0 Å². The van der Waals surface area contributed by atoms with Gasteiger partial charge in [0, 0.05) is 24.9 Å². The monoisotopic (exact) mass is 239 g/mol. The molecule has 2 unspecified atom stereocenters. The van der Waals surface area contributed by atoms with Crippen molar-refractivity contribution in [2.24, 2.45) is 11.8 Å². The summed E-state index contributed by atoms with van der Waals surface area (Å²) in [6, 6.07) is 0. The van der Waals surface area contributed by atoms with Gasteiger partial charge in [-0.3, -0.25) is 4.79 Å². The Morgan fingerprint density at radius 2 is 1.88 bits per heavy atom. The number of aliphatic hydroxyl groups is 1. The molecule has 2 aliphatic rings. The number of rotatable bonds is 2. The van der Waals surface area contributed by atoms with Gasteiger partial charge in [-0.15, -0.1) is 0 Å². The third kappa shape index (κ3) is 3.21. The Bertz CT molecular complexity index is 259. The fraction of sp³-hybridized carbons (Fsp3) is 0.929. The molecule has 0 spiro atoms. The molecular weight excluding hydrogens is 214 g/mol. The Morgan fingerprint density at radius 3 is 2.53 bits per heavy atom. The maximum absolute atomic E-state index is 12.4. The summed E-state index contributed by atoms with van der Waals surface area (Å²) in [5.74, 6) is 0.919. The number of piperidine rings is 1. The minimum Gasteiger partial charge on any atom is -0.393 e. The van der Waals surface area contributed by atoms with Crippen LogP contribution in [0.3, 0.4) is 0 Å². The van der Waals surface area contributed by atoms with Gasteiger partial charge in [0.25, 0.3) is 0 Å². The van der Waals surface area contributed by atoms with Crippen LogP contribution in [0.5, 0.6) is 0 Å². The van der Waals surface area contributed by atoms with Crippen LogP contribution in [0.25, 0.3) is 0 Å². The first-order valence-corrected chi connectivity index (χ1v) is 7.15. The van der Waals surface area contributed by atoms with E-state index in [9.17, 15) is 9.90 Å². The van der Waals surface area contributed by atoms with Gasteiger partial charge >= 0.3 is 0 Å². The fourth-order valence-corrected chi connectivity index (χ4v) is 3.21.